The van der Waals surface area contributed by atoms with E-state index in [4.69, 9.17) is 5.11 Å². The van der Waals surface area contributed by atoms with E-state index in [0.29, 0.717) is 6.42 Å². The molecule has 1 N–H and O–H groups in total. The van der Waals surface area contributed by atoms with Crippen molar-refractivity contribution >= 4 is 9.47 Å². The topological polar surface area (TPSA) is 32.7 Å². The van der Waals surface area contributed by atoms with E-state index in [2.05, 4.69) is 4.52 Å². The summed E-state index contributed by atoms with van der Waals surface area (Å²) >= 11 is 0. The fourth-order valence-electron chi connectivity index (χ4n) is 0.437. The lowest BCUT2D eigenvalue weighted by molar-refractivity contribution is -0.0128. The van der Waals surface area contributed by atoms with Gasteiger partial charge >= 0.3 is 0 Å². The van der Waals surface area contributed by atoms with Crippen LogP contribution in [0.3, 0.4) is 0 Å². The first-order chi connectivity index (χ1) is 4.16. The first-order valence-electron chi connectivity index (χ1n) is 2.85. The van der Waals surface area contributed by atoms with E-state index < -0.39 is 6.29 Å². The Balaban J connectivity index is 3.06. The zero-order chi connectivity index (χ0) is 7.28. The maximum absolute atomic E-state index is 8.84. The van der Waals surface area contributed by atoms with Crippen LogP contribution < -0.4 is 0 Å². The molecule has 0 aliphatic carbocycles. The minimum atomic E-state index is -0.641. The van der Waals surface area contributed by atoms with E-state index in [1.54, 1.807) is 0 Å². The summed E-state index contributed by atoms with van der Waals surface area (Å²) in [7, 11) is 5.94. The smallest absolute Gasteiger partial charge is 0.158 e. The first kappa shape index (κ1) is 9.31. The van der Waals surface area contributed by atoms with Gasteiger partial charge in [0.05, 0.1) is 0 Å². The van der Waals surface area contributed by atoms with Crippen molar-refractivity contribution in [2.24, 2.45) is 0 Å². The van der Waals surface area contributed by atoms with E-state index in [0.717, 1.165) is 6.54 Å². The summed E-state index contributed by atoms with van der Waals surface area (Å²) in [4.78, 5) is 1.99. The second-order valence-corrected chi connectivity index (χ2v) is 2.45. The predicted octanol–water partition coefficient (Wildman–Crippen LogP) is 0.0632. The van der Waals surface area contributed by atoms with Crippen LogP contribution in [0.4, 0.5) is 0 Å². The van der Waals surface area contributed by atoms with Crippen molar-refractivity contribution in [3.63, 3.8) is 0 Å². The molecule has 0 aromatic carbocycles. The molecule has 0 saturated heterocycles. The third kappa shape index (κ3) is 6.19. The normalized spacial score (nSPS) is 14.3. The molecule has 0 bridgehead atoms. The Kier molecular flexibility index (Phi) is 5.30. The molecule has 0 heterocycles. The summed E-state index contributed by atoms with van der Waals surface area (Å²) < 4.78 is 4.55. The van der Waals surface area contributed by atoms with Gasteiger partial charge < -0.3 is 14.5 Å². The van der Waals surface area contributed by atoms with Gasteiger partial charge in [-0.25, -0.2) is 0 Å². The molecule has 0 spiro atoms. The molecule has 0 radical (unpaired) electrons. The zero-order valence-electron chi connectivity index (χ0n) is 5.87. The van der Waals surface area contributed by atoms with Gasteiger partial charge in [0.1, 0.15) is 0 Å². The SMILES string of the molecule is CN(C)CCC(O)OP. The van der Waals surface area contributed by atoms with Crippen LogP contribution in [0.2, 0.25) is 0 Å². The molecule has 3 nitrogen and oxygen atoms in total. The summed E-state index contributed by atoms with van der Waals surface area (Å²) in [6.45, 7) is 0.843. The molecule has 0 aromatic heterocycles. The predicted molar refractivity (Wildman–Crippen MR) is 40.0 cm³/mol. The molecule has 2 atom stereocenters. The Labute approximate surface area is 58.3 Å². The standard InChI is InChI=1S/C5H14NO2P/c1-6(2)4-3-5(7)8-9/h5,7H,3-4,9H2,1-2H3. The molecule has 0 saturated carbocycles. The quantitative estimate of drug-likeness (QED) is 0.455. The van der Waals surface area contributed by atoms with Gasteiger partial charge in [-0.2, -0.15) is 0 Å². The van der Waals surface area contributed by atoms with Crippen LogP contribution in [0.25, 0.3) is 0 Å². The highest BCUT2D eigenvalue weighted by Gasteiger charge is 2.00. The largest absolute Gasteiger partial charge is 0.368 e. The molecule has 0 aliphatic rings. The maximum atomic E-state index is 8.84. The highest BCUT2D eigenvalue weighted by atomic mass is 31.0. The summed E-state index contributed by atoms with van der Waals surface area (Å²) in [6, 6.07) is 0. The molecule has 4 heteroatoms. The zero-order valence-corrected chi connectivity index (χ0v) is 7.03. The monoisotopic (exact) mass is 151 g/mol. The highest BCUT2D eigenvalue weighted by molar-refractivity contribution is 7.09. The number of nitrogens with zero attached hydrogens (tertiary/aromatic N) is 1. The van der Waals surface area contributed by atoms with Gasteiger partial charge in [0, 0.05) is 22.4 Å². The maximum Gasteiger partial charge on any atom is 0.158 e. The van der Waals surface area contributed by atoms with E-state index >= 15 is 0 Å². The Morgan fingerprint density at radius 2 is 2.22 bits per heavy atom. The first-order valence-corrected chi connectivity index (χ1v) is 3.32. The summed E-state index contributed by atoms with van der Waals surface area (Å²) in [5.41, 5.74) is 0. The van der Waals surface area contributed by atoms with Gasteiger partial charge in [-0.05, 0) is 14.1 Å². The summed E-state index contributed by atoms with van der Waals surface area (Å²) in [5.74, 6) is 0. The second kappa shape index (κ2) is 5.12. The lowest BCUT2D eigenvalue weighted by Gasteiger charge is -2.11. The third-order valence-electron chi connectivity index (χ3n) is 0.980. The van der Waals surface area contributed by atoms with E-state index in [-0.39, 0.29) is 0 Å². The fraction of sp³-hybridized carbons (Fsp3) is 1.00. The van der Waals surface area contributed by atoms with Crippen LogP contribution in [0, 0.1) is 0 Å². The minimum absolute atomic E-state index is 0.641. The summed E-state index contributed by atoms with van der Waals surface area (Å²) in [5, 5.41) is 8.84. The van der Waals surface area contributed by atoms with Gasteiger partial charge in [0.15, 0.2) is 6.29 Å². The Morgan fingerprint density at radius 3 is 2.56 bits per heavy atom. The van der Waals surface area contributed by atoms with Crippen LogP contribution in [0.15, 0.2) is 0 Å². The lowest BCUT2D eigenvalue weighted by Crippen LogP contribution is -2.19. The Morgan fingerprint density at radius 1 is 1.67 bits per heavy atom. The molecular weight excluding hydrogens is 137 g/mol. The Bertz CT molecular complexity index is 70.0. The van der Waals surface area contributed by atoms with Gasteiger partial charge in [-0.1, -0.05) is 0 Å². The number of rotatable bonds is 4. The lowest BCUT2D eigenvalue weighted by atomic mass is 10.4. The van der Waals surface area contributed by atoms with Crippen molar-refractivity contribution in [1.82, 2.24) is 4.90 Å². The second-order valence-electron chi connectivity index (χ2n) is 2.18. The number of aliphatic hydroxyl groups excluding tert-OH is 1. The van der Waals surface area contributed by atoms with Crippen molar-refractivity contribution in [3.05, 3.63) is 0 Å². The van der Waals surface area contributed by atoms with Crippen LogP contribution in [-0.2, 0) is 4.52 Å². The molecule has 2 unspecified atom stereocenters. The average molecular weight is 151 g/mol. The van der Waals surface area contributed by atoms with Gasteiger partial charge in [0.25, 0.3) is 0 Å². The average Bonchev–Trinajstić information content (AvgIpc) is 1.83. The molecule has 0 amide bonds. The van der Waals surface area contributed by atoms with Crippen molar-refractivity contribution < 1.29 is 9.63 Å². The number of aliphatic hydroxyl groups is 1. The number of hydrogen-bond donors (Lipinski definition) is 1. The fourth-order valence-corrected chi connectivity index (χ4v) is 0.573. The molecule has 0 rings (SSSR count). The van der Waals surface area contributed by atoms with E-state index in [1.165, 1.54) is 0 Å². The van der Waals surface area contributed by atoms with Crippen molar-refractivity contribution in [2.45, 2.75) is 12.7 Å². The third-order valence-corrected chi connectivity index (χ3v) is 1.29. The van der Waals surface area contributed by atoms with Gasteiger partial charge in [-0.3, -0.25) is 0 Å². The van der Waals surface area contributed by atoms with Crippen LogP contribution >= 0.6 is 9.47 Å². The van der Waals surface area contributed by atoms with E-state index in [9.17, 15) is 0 Å². The van der Waals surface area contributed by atoms with Crippen LogP contribution in [0.1, 0.15) is 6.42 Å². The van der Waals surface area contributed by atoms with Gasteiger partial charge in [0.2, 0.25) is 0 Å². The van der Waals surface area contributed by atoms with Crippen molar-refractivity contribution in [2.75, 3.05) is 20.6 Å². The minimum Gasteiger partial charge on any atom is -0.368 e. The van der Waals surface area contributed by atoms with Gasteiger partial charge in [-0.15, -0.1) is 0 Å². The van der Waals surface area contributed by atoms with Crippen molar-refractivity contribution in [1.29, 1.82) is 0 Å². The van der Waals surface area contributed by atoms with Crippen molar-refractivity contribution in [3.8, 4) is 0 Å². The Hall–Kier alpha value is 0.310. The van der Waals surface area contributed by atoms with Crippen LogP contribution in [-0.4, -0.2) is 36.9 Å². The molecular formula is C5H14NO2P. The summed E-state index contributed by atoms with van der Waals surface area (Å²) in [6.07, 6.45) is 0.00801. The van der Waals surface area contributed by atoms with E-state index in [1.807, 2.05) is 28.5 Å². The molecule has 56 valence electrons. The molecule has 0 aliphatic heterocycles. The number of hydrogen-bond acceptors (Lipinski definition) is 3. The molecule has 0 aromatic rings. The van der Waals surface area contributed by atoms with Crippen LogP contribution in [0.5, 0.6) is 0 Å². The molecule has 9 heavy (non-hydrogen) atoms. The highest BCUT2D eigenvalue weighted by Crippen LogP contribution is 1.98. The molecule has 0 fully saturated rings.